The van der Waals surface area contributed by atoms with Gasteiger partial charge < -0.3 is 15.2 Å². The minimum atomic E-state index is -1.12. The van der Waals surface area contributed by atoms with Gasteiger partial charge in [-0.05, 0) is 35.0 Å². The van der Waals surface area contributed by atoms with Crippen LogP contribution in [0, 0.1) is 6.92 Å². The van der Waals surface area contributed by atoms with Gasteiger partial charge >= 0.3 is 5.97 Å². The molecule has 6 nitrogen and oxygen atoms in total. The lowest BCUT2D eigenvalue weighted by Gasteiger charge is -2.05. The average molecular weight is 303 g/mol. The summed E-state index contributed by atoms with van der Waals surface area (Å²) in [5.41, 5.74) is 0.745. The summed E-state index contributed by atoms with van der Waals surface area (Å²) in [6, 6.07) is 3.39. The van der Waals surface area contributed by atoms with Crippen LogP contribution in [0.5, 0.6) is 0 Å². The van der Waals surface area contributed by atoms with E-state index in [0.29, 0.717) is 5.82 Å². The highest BCUT2D eigenvalue weighted by Gasteiger charge is 2.06. The van der Waals surface area contributed by atoms with Gasteiger partial charge in [0.15, 0.2) is 0 Å². The quantitative estimate of drug-likeness (QED) is 0.853. The molecule has 17 heavy (non-hydrogen) atoms. The number of nitrogens with one attached hydrogen (secondary N) is 1. The van der Waals surface area contributed by atoms with Crippen LogP contribution in [-0.2, 0) is 14.3 Å². The van der Waals surface area contributed by atoms with Crippen LogP contribution in [0.3, 0.4) is 0 Å². The van der Waals surface area contributed by atoms with Gasteiger partial charge in [-0.3, -0.25) is 4.79 Å². The van der Waals surface area contributed by atoms with E-state index in [0.717, 1.165) is 10.2 Å². The topological polar surface area (TPSA) is 88.5 Å². The summed E-state index contributed by atoms with van der Waals surface area (Å²) < 4.78 is 5.48. The largest absolute Gasteiger partial charge is 0.480 e. The van der Waals surface area contributed by atoms with Crippen molar-refractivity contribution >= 4 is 33.6 Å². The zero-order chi connectivity index (χ0) is 12.8. The number of aromatic nitrogens is 1. The van der Waals surface area contributed by atoms with Gasteiger partial charge in [-0.15, -0.1) is 0 Å². The van der Waals surface area contributed by atoms with Gasteiger partial charge in [-0.25, -0.2) is 9.78 Å². The van der Waals surface area contributed by atoms with E-state index in [1.54, 1.807) is 19.1 Å². The second kappa shape index (κ2) is 6.31. The maximum atomic E-state index is 11.3. The molecule has 0 aliphatic heterocycles. The Hall–Kier alpha value is -1.47. The fraction of sp³-hybridized carbons (Fsp3) is 0.300. The van der Waals surface area contributed by atoms with Crippen LogP contribution in [0.4, 0.5) is 5.82 Å². The number of amides is 1. The summed E-state index contributed by atoms with van der Waals surface area (Å²) in [5.74, 6) is -1.16. The first-order valence-electron chi connectivity index (χ1n) is 4.71. The molecule has 92 valence electrons. The van der Waals surface area contributed by atoms with Crippen molar-refractivity contribution in [3.05, 3.63) is 22.3 Å². The summed E-state index contributed by atoms with van der Waals surface area (Å²) in [5, 5.41) is 10.8. The molecule has 1 rings (SSSR count). The molecular formula is C10H11BrN2O4. The minimum absolute atomic E-state index is 0.316. The summed E-state index contributed by atoms with van der Waals surface area (Å²) in [6.45, 7) is 0.976. The van der Waals surface area contributed by atoms with Crippen molar-refractivity contribution in [1.29, 1.82) is 0 Å². The third-order valence-electron chi connectivity index (χ3n) is 1.75. The van der Waals surface area contributed by atoms with E-state index in [1.807, 2.05) is 0 Å². The predicted octanol–water partition coefficient (Wildman–Crippen LogP) is 1.19. The third-order valence-corrected chi connectivity index (χ3v) is 2.59. The van der Waals surface area contributed by atoms with E-state index in [-0.39, 0.29) is 6.61 Å². The minimum Gasteiger partial charge on any atom is -0.480 e. The second-order valence-electron chi connectivity index (χ2n) is 3.20. The summed E-state index contributed by atoms with van der Waals surface area (Å²) >= 11 is 3.29. The number of carbonyl (C=O) groups excluding carboxylic acids is 1. The molecule has 0 saturated heterocycles. The summed E-state index contributed by atoms with van der Waals surface area (Å²) in [6.07, 6.45) is 0. The highest BCUT2D eigenvalue weighted by molar-refractivity contribution is 9.10. The van der Waals surface area contributed by atoms with E-state index >= 15 is 0 Å². The number of carbonyl (C=O) groups is 2. The highest BCUT2D eigenvalue weighted by Crippen LogP contribution is 2.15. The first-order chi connectivity index (χ1) is 7.99. The Balaban J connectivity index is 2.45. The Morgan fingerprint density at radius 1 is 1.47 bits per heavy atom. The number of carboxylic acid groups (broad SMARTS) is 1. The molecule has 0 bridgehead atoms. The first-order valence-corrected chi connectivity index (χ1v) is 5.51. The molecule has 0 aromatic carbocycles. The zero-order valence-electron chi connectivity index (χ0n) is 9.07. The standard InChI is InChI=1S/C10H11BrN2O4/c1-6-7(11)2-3-8(12-6)13-9(14)4-17-5-10(15)16/h2-3H,4-5H2,1H3,(H,15,16)(H,12,13,14). The van der Waals surface area contributed by atoms with E-state index < -0.39 is 18.5 Å². The number of aliphatic carboxylic acids is 1. The molecule has 1 aromatic rings. The van der Waals surface area contributed by atoms with Crippen LogP contribution >= 0.6 is 15.9 Å². The van der Waals surface area contributed by atoms with Crippen molar-refractivity contribution in [3.63, 3.8) is 0 Å². The van der Waals surface area contributed by atoms with E-state index in [9.17, 15) is 9.59 Å². The van der Waals surface area contributed by atoms with Crippen molar-refractivity contribution < 1.29 is 19.4 Å². The molecule has 1 heterocycles. The molecule has 0 radical (unpaired) electrons. The fourth-order valence-corrected chi connectivity index (χ4v) is 1.24. The second-order valence-corrected chi connectivity index (χ2v) is 4.05. The van der Waals surface area contributed by atoms with Crippen LogP contribution in [0.2, 0.25) is 0 Å². The number of halogens is 1. The number of carboxylic acids is 1. The lowest BCUT2D eigenvalue weighted by atomic mass is 10.4. The molecule has 0 aliphatic rings. The maximum absolute atomic E-state index is 11.3. The van der Waals surface area contributed by atoms with Crippen molar-refractivity contribution in [2.75, 3.05) is 18.5 Å². The summed E-state index contributed by atoms with van der Waals surface area (Å²) in [7, 11) is 0. The normalized spacial score (nSPS) is 10.0. The number of aryl methyl sites for hydroxylation is 1. The van der Waals surface area contributed by atoms with Crippen LogP contribution in [-0.4, -0.2) is 35.2 Å². The van der Waals surface area contributed by atoms with Crippen molar-refractivity contribution in [2.24, 2.45) is 0 Å². The number of anilines is 1. The van der Waals surface area contributed by atoms with Crippen LogP contribution in [0.15, 0.2) is 16.6 Å². The van der Waals surface area contributed by atoms with Crippen molar-refractivity contribution in [3.8, 4) is 0 Å². The number of hydrogen-bond donors (Lipinski definition) is 2. The molecule has 0 fully saturated rings. The van der Waals surface area contributed by atoms with Crippen LogP contribution in [0.1, 0.15) is 5.69 Å². The predicted molar refractivity (Wildman–Crippen MR) is 63.8 cm³/mol. The van der Waals surface area contributed by atoms with Crippen LogP contribution in [0.25, 0.3) is 0 Å². The van der Waals surface area contributed by atoms with E-state index in [1.165, 1.54) is 0 Å². The molecular weight excluding hydrogens is 292 g/mol. The lowest BCUT2D eigenvalue weighted by Crippen LogP contribution is -2.21. The number of nitrogens with zero attached hydrogens (tertiary/aromatic N) is 1. The van der Waals surface area contributed by atoms with Gasteiger partial charge in [0.2, 0.25) is 0 Å². The van der Waals surface area contributed by atoms with Gasteiger partial charge in [0.1, 0.15) is 19.0 Å². The van der Waals surface area contributed by atoms with E-state index in [2.05, 4.69) is 31.0 Å². The summed E-state index contributed by atoms with van der Waals surface area (Å²) in [4.78, 5) is 25.6. The number of ether oxygens (including phenoxy) is 1. The van der Waals surface area contributed by atoms with Gasteiger partial charge in [0.05, 0.1) is 5.69 Å². The molecule has 2 N–H and O–H groups in total. The monoisotopic (exact) mass is 302 g/mol. The molecule has 0 aliphatic carbocycles. The Bertz CT molecular complexity index is 436. The Labute approximate surface area is 106 Å². The maximum Gasteiger partial charge on any atom is 0.329 e. The number of hydrogen-bond acceptors (Lipinski definition) is 4. The van der Waals surface area contributed by atoms with Gasteiger partial charge in [0, 0.05) is 4.47 Å². The van der Waals surface area contributed by atoms with E-state index in [4.69, 9.17) is 5.11 Å². The molecule has 0 spiro atoms. The fourth-order valence-electron chi connectivity index (χ4n) is 1.02. The van der Waals surface area contributed by atoms with Gasteiger partial charge in [-0.2, -0.15) is 0 Å². The zero-order valence-corrected chi connectivity index (χ0v) is 10.7. The molecule has 0 saturated carbocycles. The molecule has 0 unspecified atom stereocenters. The number of pyridine rings is 1. The van der Waals surface area contributed by atoms with Crippen molar-refractivity contribution in [2.45, 2.75) is 6.92 Å². The SMILES string of the molecule is Cc1nc(NC(=O)COCC(=O)O)ccc1Br. The smallest absolute Gasteiger partial charge is 0.329 e. The third kappa shape index (κ3) is 4.92. The Morgan fingerprint density at radius 2 is 2.18 bits per heavy atom. The highest BCUT2D eigenvalue weighted by atomic mass is 79.9. The first kappa shape index (κ1) is 13.6. The number of rotatable bonds is 5. The molecule has 1 aromatic heterocycles. The van der Waals surface area contributed by atoms with Gasteiger partial charge in [-0.1, -0.05) is 0 Å². The average Bonchev–Trinajstić information content (AvgIpc) is 2.23. The Kier molecular flexibility index (Phi) is 5.05. The molecule has 1 amide bonds. The van der Waals surface area contributed by atoms with Gasteiger partial charge in [0.25, 0.3) is 5.91 Å². The lowest BCUT2D eigenvalue weighted by molar-refractivity contribution is -0.143. The van der Waals surface area contributed by atoms with Crippen molar-refractivity contribution in [1.82, 2.24) is 4.98 Å². The Morgan fingerprint density at radius 3 is 2.76 bits per heavy atom. The molecule has 0 atom stereocenters. The van der Waals surface area contributed by atoms with Crippen LogP contribution < -0.4 is 5.32 Å². The molecule has 7 heteroatoms.